The van der Waals surface area contributed by atoms with Crippen molar-refractivity contribution in [3.8, 4) is 17.2 Å². The average molecular weight is 492 g/mol. The topological polar surface area (TPSA) is 94.1 Å². The van der Waals surface area contributed by atoms with Gasteiger partial charge in [0.05, 0.1) is 12.2 Å². The molecule has 0 saturated heterocycles. The van der Waals surface area contributed by atoms with Gasteiger partial charge in [-0.1, -0.05) is 38.1 Å². The molecule has 0 bridgehead atoms. The molecule has 7 heteroatoms. The molecule has 0 fully saturated rings. The summed E-state index contributed by atoms with van der Waals surface area (Å²) in [6.45, 7) is 8.41. The molecule has 0 saturated carbocycles. The number of rotatable bonds is 8. The number of allylic oxidation sites excluding steroid dienone is 3. The second-order valence-electron chi connectivity index (χ2n) is 9.89. The summed E-state index contributed by atoms with van der Waals surface area (Å²) in [6, 6.07) is 14.3. The Kier molecular flexibility index (Phi) is 7.38. The number of esters is 1. The van der Waals surface area contributed by atoms with E-state index in [4.69, 9.17) is 14.2 Å². The first-order chi connectivity index (χ1) is 17.2. The van der Waals surface area contributed by atoms with E-state index in [1.807, 2.05) is 44.2 Å². The number of carbonyl (C=O) groups is 2. The highest BCUT2D eigenvalue weighted by atomic mass is 16.6. The number of nitrogens with one attached hydrogen (secondary N) is 1. The summed E-state index contributed by atoms with van der Waals surface area (Å²) < 4.78 is 16.8. The van der Waals surface area contributed by atoms with Crippen LogP contribution in [-0.4, -0.2) is 36.7 Å². The summed E-state index contributed by atoms with van der Waals surface area (Å²) in [5.74, 6) is -0.151. The summed E-state index contributed by atoms with van der Waals surface area (Å²) >= 11 is 0. The van der Waals surface area contributed by atoms with Gasteiger partial charge in [0.1, 0.15) is 19.0 Å². The van der Waals surface area contributed by atoms with Gasteiger partial charge >= 0.3 is 5.97 Å². The Morgan fingerprint density at radius 3 is 2.56 bits per heavy atom. The van der Waals surface area contributed by atoms with Crippen molar-refractivity contribution in [2.24, 2.45) is 5.41 Å². The van der Waals surface area contributed by atoms with E-state index in [2.05, 4.69) is 19.2 Å². The number of Topliss-reactive ketones (excluding diaryl/α,β-unsaturated/α-hetero) is 1. The molecule has 36 heavy (non-hydrogen) atoms. The lowest BCUT2D eigenvalue weighted by molar-refractivity contribution is -0.140. The Morgan fingerprint density at radius 1 is 1.08 bits per heavy atom. The fourth-order valence-corrected chi connectivity index (χ4v) is 4.91. The molecule has 1 aliphatic heterocycles. The molecule has 0 unspecified atom stereocenters. The van der Waals surface area contributed by atoms with Crippen LogP contribution < -0.4 is 14.8 Å². The van der Waals surface area contributed by atoms with Gasteiger partial charge in [0.2, 0.25) is 0 Å². The standard InChI is InChI=1S/C29H33NO6/c1-5-34-24-15-19(11-12-22(24)31)26-25(28(33)36-14-13-35-20-9-7-6-8-10-20)18(2)30-21-16-29(3,4)17-23(32)27(21)26/h6-12,15,26,30-31H,5,13-14,16-17H2,1-4H3/t26-/m1/s1. The Hall–Kier alpha value is -3.74. The highest BCUT2D eigenvalue weighted by Crippen LogP contribution is 2.47. The summed E-state index contributed by atoms with van der Waals surface area (Å²) in [4.78, 5) is 26.8. The number of para-hydroxylation sites is 1. The lowest BCUT2D eigenvalue weighted by atomic mass is 9.68. The van der Waals surface area contributed by atoms with Gasteiger partial charge in [0, 0.05) is 29.3 Å². The van der Waals surface area contributed by atoms with Crippen molar-refractivity contribution in [3.63, 3.8) is 0 Å². The fourth-order valence-electron chi connectivity index (χ4n) is 4.91. The Morgan fingerprint density at radius 2 is 1.83 bits per heavy atom. The van der Waals surface area contributed by atoms with Crippen LogP contribution in [-0.2, 0) is 14.3 Å². The quantitative estimate of drug-likeness (QED) is 0.396. The lowest BCUT2D eigenvalue weighted by Gasteiger charge is -2.39. The predicted octanol–water partition coefficient (Wildman–Crippen LogP) is 5.02. The summed E-state index contributed by atoms with van der Waals surface area (Å²) in [6.07, 6.45) is 1.07. The van der Waals surface area contributed by atoms with Gasteiger partial charge < -0.3 is 24.6 Å². The molecule has 0 aromatic heterocycles. The molecular weight excluding hydrogens is 458 g/mol. The highest BCUT2D eigenvalue weighted by Gasteiger charge is 2.43. The predicted molar refractivity (Wildman–Crippen MR) is 136 cm³/mol. The number of hydrogen-bond donors (Lipinski definition) is 2. The molecule has 0 radical (unpaired) electrons. The zero-order valence-electron chi connectivity index (χ0n) is 21.2. The maximum atomic E-state index is 13.4. The third kappa shape index (κ3) is 5.40. The van der Waals surface area contributed by atoms with Crippen LogP contribution in [0.15, 0.2) is 71.1 Å². The number of phenols is 1. The summed E-state index contributed by atoms with van der Waals surface area (Å²) in [5, 5.41) is 13.6. The van der Waals surface area contributed by atoms with Crippen molar-refractivity contribution in [2.75, 3.05) is 19.8 Å². The van der Waals surface area contributed by atoms with E-state index >= 15 is 0 Å². The highest BCUT2D eigenvalue weighted by molar-refractivity contribution is 6.04. The molecule has 0 spiro atoms. The smallest absolute Gasteiger partial charge is 0.336 e. The van der Waals surface area contributed by atoms with Crippen LogP contribution in [0.1, 0.15) is 52.0 Å². The van der Waals surface area contributed by atoms with Gasteiger partial charge in [-0.2, -0.15) is 0 Å². The number of phenolic OH excluding ortho intramolecular Hbond substituents is 1. The van der Waals surface area contributed by atoms with Crippen molar-refractivity contribution >= 4 is 11.8 Å². The van der Waals surface area contributed by atoms with E-state index in [9.17, 15) is 14.7 Å². The molecule has 1 atom stereocenters. The minimum Gasteiger partial charge on any atom is -0.504 e. The third-order valence-corrected chi connectivity index (χ3v) is 6.41. The average Bonchev–Trinajstić information content (AvgIpc) is 2.82. The molecular formula is C29H33NO6. The van der Waals surface area contributed by atoms with E-state index in [-0.39, 0.29) is 30.2 Å². The number of carbonyl (C=O) groups excluding carboxylic acids is 2. The van der Waals surface area contributed by atoms with Crippen LogP contribution >= 0.6 is 0 Å². The molecule has 2 N–H and O–H groups in total. The third-order valence-electron chi connectivity index (χ3n) is 6.41. The Balaban J connectivity index is 1.65. The molecule has 2 aromatic carbocycles. The van der Waals surface area contributed by atoms with Crippen molar-refractivity contribution in [1.82, 2.24) is 5.32 Å². The second kappa shape index (κ2) is 10.5. The van der Waals surface area contributed by atoms with Gasteiger partial charge in [0.25, 0.3) is 0 Å². The molecule has 2 aromatic rings. The van der Waals surface area contributed by atoms with E-state index in [1.54, 1.807) is 12.1 Å². The number of ketones is 1. The van der Waals surface area contributed by atoms with Crippen LogP contribution in [0.25, 0.3) is 0 Å². The molecule has 0 amide bonds. The maximum Gasteiger partial charge on any atom is 0.336 e. The Labute approximate surface area is 211 Å². The fraction of sp³-hybridized carbons (Fsp3) is 0.379. The first-order valence-corrected chi connectivity index (χ1v) is 12.2. The van der Waals surface area contributed by atoms with Gasteiger partial charge in [-0.05, 0) is 55.5 Å². The SMILES string of the molecule is CCOc1cc([C@@H]2C(C(=O)OCCOc3ccccc3)=C(C)NC3=C2C(=O)CC(C)(C)C3)ccc1O. The first-order valence-electron chi connectivity index (χ1n) is 12.2. The maximum absolute atomic E-state index is 13.4. The van der Waals surface area contributed by atoms with E-state index < -0.39 is 11.9 Å². The number of hydrogen-bond acceptors (Lipinski definition) is 7. The zero-order valence-corrected chi connectivity index (χ0v) is 21.2. The minimum atomic E-state index is -0.632. The van der Waals surface area contributed by atoms with E-state index in [0.29, 0.717) is 53.4 Å². The van der Waals surface area contributed by atoms with Gasteiger partial charge in [0.15, 0.2) is 17.3 Å². The Bertz CT molecular complexity index is 1210. The molecule has 7 nitrogen and oxygen atoms in total. The van der Waals surface area contributed by atoms with Gasteiger partial charge in [-0.25, -0.2) is 4.79 Å². The number of aromatic hydroxyl groups is 1. The normalized spacial score (nSPS) is 18.9. The van der Waals surface area contributed by atoms with Crippen LogP contribution in [0, 0.1) is 5.41 Å². The molecule has 2 aliphatic rings. The van der Waals surface area contributed by atoms with Gasteiger partial charge in [-0.15, -0.1) is 0 Å². The molecule has 1 heterocycles. The van der Waals surface area contributed by atoms with Crippen molar-refractivity contribution in [3.05, 3.63) is 76.6 Å². The largest absolute Gasteiger partial charge is 0.504 e. The van der Waals surface area contributed by atoms with Crippen molar-refractivity contribution in [2.45, 2.75) is 46.5 Å². The minimum absolute atomic E-state index is 0.00253. The van der Waals surface area contributed by atoms with Crippen molar-refractivity contribution < 1.29 is 28.9 Å². The zero-order chi connectivity index (χ0) is 25.9. The van der Waals surface area contributed by atoms with E-state index in [1.165, 1.54) is 6.07 Å². The molecule has 1 aliphatic carbocycles. The van der Waals surface area contributed by atoms with Crippen molar-refractivity contribution in [1.29, 1.82) is 0 Å². The van der Waals surface area contributed by atoms with Crippen LogP contribution in [0.4, 0.5) is 0 Å². The molecule has 4 rings (SSSR count). The number of benzene rings is 2. The lowest BCUT2D eigenvalue weighted by Crippen LogP contribution is -2.38. The summed E-state index contributed by atoms with van der Waals surface area (Å²) in [5.41, 5.74) is 2.91. The van der Waals surface area contributed by atoms with Crippen LogP contribution in [0.3, 0.4) is 0 Å². The monoisotopic (exact) mass is 491 g/mol. The number of ether oxygens (including phenoxy) is 3. The number of dihydropyridines is 1. The molecule has 190 valence electrons. The van der Waals surface area contributed by atoms with Crippen LogP contribution in [0.2, 0.25) is 0 Å². The first kappa shape index (κ1) is 25.4. The van der Waals surface area contributed by atoms with Gasteiger partial charge in [-0.3, -0.25) is 4.79 Å². The second-order valence-corrected chi connectivity index (χ2v) is 9.89. The van der Waals surface area contributed by atoms with Crippen LogP contribution in [0.5, 0.6) is 17.2 Å². The summed E-state index contributed by atoms with van der Waals surface area (Å²) in [7, 11) is 0. The van der Waals surface area contributed by atoms with E-state index in [0.717, 1.165) is 5.70 Å².